The fourth-order valence-electron chi connectivity index (χ4n) is 4.94. The van der Waals surface area contributed by atoms with Crippen LogP contribution in [0.15, 0.2) is 72.8 Å². The number of rotatable bonds is 17. The molecule has 10 nitrogen and oxygen atoms in total. The smallest absolute Gasteiger partial charge is 0.438 e. The summed E-state index contributed by atoms with van der Waals surface area (Å²) in [6.45, 7) is 13.3. The van der Waals surface area contributed by atoms with Crippen LogP contribution in [0.3, 0.4) is 0 Å². The van der Waals surface area contributed by atoms with Crippen molar-refractivity contribution in [1.29, 1.82) is 0 Å². The third-order valence-electron chi connectivity index (χ3n) is 7.14. The van der Waals surface area contributed by atoms with Crippen LogP contribution in [0.2, 0.25) is 0 Å². The number of ether oxygens (including phenoxy) is 1. The minimum atomic E-state index is -4.43. The maximum Gasteiger partial charge on any atom is 0.475 e. The molecule has 12 heteroatoms. The number of hydrogen-bond acceptors (Lipinski definition) is 7. The van der Waals surface area contributed by atoms with Gasteiger partial charge in [0.1, 0.15) is 0 Å². The van der Waals surface area contributed by atoms with Crippen LogP contribution in [0.5, 0.6) is 0 Å². The van der Waals surface area contributed by atoms with E-state index in [0.29, 0.717) is 35.2 Å². The maximum absolute atomic E-state index is 13.2. The van der Waals surface area contributed by atoms with Crippen LogP contribution in [0.4, 0.5) is 21.9 Å². The molecule has 0 saturated heterocycles. The third kappa shape index (κ3) is 14.1. The number of nitrogens with zero attached hydrogens (tertiary/aromatic N) is 1. The molecule has 0 aromatic heterocycles. The van der Waals surface area contributed by atoms with E-state index in [2.05, 4.69) is 43.2 Å². The molecule has 0 aliphatic rings. The number of carbonyl (C=O) groups is 2. The Balaban J connectivity index is 0.00000768. The lowest BCUT2D eigenvalue weighted by Crippen LogP contribution is -2.32. The van der Waals surface area contributed by atoms with Crippen LogP contribution in [0, 0.1) is 18.8 Å². The van der Waals surface area contributed by atoms with E-state index in [4.69, 9.17) is 13.8 Å². The lowest BCUT2D eigenvalue weighted by Gasteiger charge is -2.31. The summed E-state index contributed by atoms with van der Waals surface area (Å²) in [6, 6.07) is 22.0. The van der Waals surface area contributed by atoms with E-state index in [9.17, 15) is 19.0 Å². The SMILES string of the molecule is CC[C@@H](CC(=O)OCOP(=O)(O)OCc1ccccc1)c1ccc(N(CC(C)C)CC(C)C)c(NC(=O)Nc2ccc(C)cc2)c1.S. The summed E-state index contributed by atoms with van der Waals surface area (Å²) >= 11 is 0. The lowest BCUT2D eigenvalue weighted by molar-refractivity contribution is -0.151. The number of aryl methyl sites for hydroxylation is 1. The van der Waals surface area contributed by atoms with Gasteiger partial charge in [-0.3, -0.25) is 9.32 Å². The standard InChI is InChI=1S/C35H48N3O7P.H2S/c1-7-29(20-34(39)43-24-45-46(41,42)44-23-28-11-9-8-10-12-28)30-15-18-33(38(21-25(2)3)22-26(4)5)32(19-30)37-35(40)36-31-16-13-27(6)14-17-31;/h8-19,25-26,29H,7,20-24H2,1-6H3,(H,41,42)(H2,36,37,40);1H2/t29-;/m0./s1. The molecule has 2 amide bonds. The summed E-state index contributed by atoms with van der Waals surface area (Å²) in [7, 11) is -4.43. The molecular weight excluding hydrogens is 637 g/mol. The quantitative estimate of drug-likeness (QED) is 0.0732. The van der Waals surface area contributed by atoms with Crippen molar-refractivity contribution < 1.29 is 32.8 Å². The summed E-state index contributed by atoms with van der Waals surface area (Å²) in [5.41, 5.74) is 4.85. The van der Waals surface area contributed by atoms with Crippen molar-refractivity contribution in [2.45, 2.75) is 66.9 Å². The number of phosphoric acid groups is 1. The van der Waals surface area contributed by atoms with Crippen molar-refractivity contribution in [2.24, 2.45) is 11.8 Å². The zero-order valence-electron chi connectivity index (χ0n) is 28.2. The summed E-state index contributed by atoms with van der Waals surface area (Å²) < 4.78 is 27.2. The Hall–Kier alpha value is -3.34. The summed E-state index contributed by atoms with van der Waals surface area (Å²) in [6.07, 6.45) is 0.626. The number of phosphoric ester groups is 1. The highest BCUT2D eigenvalue weighted by Crippen LogP contribution is 2.44. The predicted octanol–water partition coefficient (Wildman–Crippen LogP) is 8.59. The second kappa shape index (κ2) is 19.5. The molecule has 3 aromatic rings. The van der Waals surface area contributed by atoms with Gasteiger partial charge in [0.15, 0.2) is 0 Å². The third-order valence-corrected chi connectivity index (χ3v) is 8.03. The number of carbonyl (C=O) groups excluding carboxylic acids is 2. The van der Waals surface area contributed by atoms with Crippen LogP contribution >= 0.6 is 21.3 Å². The molecule has 0 fully saturated rings. The lowest BCUT2D eigenvalue weighted by atomic mass is 9.92. The molecule has 0 radical (unpaired) electrons. The highest BCUT2D eigenvalue weighted by Gasteiger charge is 2.24. The van der Waals surface area contributed by atoms with E-state index in [-0.39, 0.29) is 38.5 Å². The van der Waals surface area contributed by atoms with Gasteiger partial charge in [0.05, 0.1) is 24.4 Å². The monoisotopic (exact) mass is 687 g/mol. The number of urea groups is 1. The van der Waals surface area contributed by atoms with Gasteiger partial charge in [0, 0.05) is 18.8 Å². The van der Waals surface area contributed by atoms with Gasteiger partial charge in [0.2, 0.25) is 6.79 Å². The zero-order chi connectivity index (χ0) is 33.7. The second-order valence-electron chi connectivity index (χ2n) is 12.2. The Bertz CT molecular complexity index is 1450. The minimum Gasteiger partial charge on any atom is -0.438 e. The molecule has 0 bridgehead atoms. The first-order chi connectivity index (χ1) is 21.8. The van der Waals surface area contributed by atoms with Crippen LogP contribution in [-0.4, -0.2) is 36.8 Å². The molecule has 0 aliphatic heterocycles. The van der Waals surface area contributed by atoms with E-state index >= 15 is 0 Å². The van der Waals surface area contributed by atoms with Crippen molar-refractivity contribution in [2.75, 3.05) is 35.4 Å². The maximum atomic E-state index is 13.2. The second-order valence-corrected chi connectivity index (χ2v) is 13.7. The molecule has 258 valence electrons. The van der Waals surface area contributed by atoms with E-state index in [0.717, 1.165) is 29.9 Å². The highest BCUT2D eigenvalue weighted by atomic mass is 32.1. The number of esters is 1. The van der Waals surface area contributed by atoms with Gasteiger partial charge in [-0.15, -0.1) is 0 Å². The molecule has 2 atom stereocenters. The first-order valence-corrected chi connectivity index (χ1v) is 17.2. The molecule has 0 saturated carbocycles. The molecular formula is C35H50N3O7PS. The van der Waals surface area contributed by atoms with E-state index < -0.39 is 20.6 Å². The van der Waals surface area contributed by atoms with Gasteiger partial charge < -0.3 is 25.2 Å². The fraction of sp³-hybridized carbons (Fsp3) is 0.429. The van der Waals surface area contributed by atoms with Crippen molar-refractivity contribution in [1.82, 2.24) is 0 Å². The fourth-order valence-corrected chi connectivity index (χ4v) is 5.51. The predicted molar refractivity (Wildman–Crippen MR) is 193 cm³/mol. The van der Waals surface area contributed by atoms with Crippen molar-refractivity contribution in [3.63, 3.8) is 0 Å². The minimum absolute atomic E-state index is 0. The number of nitrogens with one attached hydrogen (secondary N) is 2. The molecule has 3 rings (SSSR count). The Morgan fingerprint density at radius 1 is 0.894 bits per heavy atom. The largest absolute Gasteiger partial charge is 0.475 e. The van der Waals surface area contributed by atoms with Crippen molar-refractivity contribution >= 4 is 50.4 Å². The van der Waals surface area contributed by atoms with Crippen molar-refractivity contribution in [3.05, 3.63) is 89.5 Å². The molecule has 3 aromatic carbocycles. The van der Waals surface area contributed by atoms with Crippen LogP contribution in [-0.2, 0) is 29.8 Å². The summed E-state index contributed by atoms with van der Waals surface area (Å²) in [5, 5.41) is 5.95. The van der Waals surface area contributed by atoms with Gasteiger partial charge in [-0.05, 0) is 66.5 Å². The molecule has 3 N–H and O–H groups in total. The number of hydrogen-bond donors (Lipinski definition) is 3. The normalized spacial score (nSPS) is 13.0. The van der Waals surface area contributed by atoms with Crippen LogP contribution < -0.4 is 15.5 Å². The molecule has 0 heterocycles. The van der Waals surface area contributed by atoms with Crippen LogP contribution in [0.1, 0.15) is 70.1 Å². The topological polar surface area (TPSA) is 126 Å². The zero-order valence-corrected chi connectivity index (χ0v) is 30.1. The van der Waals surface area contributed by atoms with Crippen LogP contribution in [0.25, 0.3) is 0 Å². The number of anilines is 3. The number of benzene rings is 3. The summed E-state index contributed by atoms with van der Waals surface area (Å²) in [4.78, 5) is 38.2. The molecule has 0 aliphatic carbocycles. The van der Waals surface area contributed by atoms with Gasteiger partial charge in [-0.1, -0.05) is 88.7 Å². The molecule has 1 unspecified atom stereocenters. The van der Waals surface area contributed by atoms with E-state index in [1.807, 2.05) is 62.4 Å². The van der Waals surface area contributed by atoms with Gasteiger partial charge in [-0.2, -0.15) is 13.5 Å². The van der Waals surface area contributed by atoms with E-state index in [1.54, 1.807) is 24.3 Å². The van der Waals surface area contributed by atoms with E-state index in [1.165, 1.54) is 0 Å². The molecule has 0 spiro atoms. The Kier molecular flexibility index (Phi) is 16.5. The Morgan fingerprint density at radius 3 is 2.13 bits per heavy atom. The highest BCUT2D eigenvalue weighted by molar-refractivity contribution is 7.59. The Labute approximate surface area is 286 Å². The molecule has 47 heavy (non-hydrogen) atoms. The van der Waals surface area contributed by atoms with Gasteiger partial charge in [-0.25, -0.2) is 13.9 Å². The number of amides is 2. The summed E-state index contributed by atoms with van der Waals surface area (Å²) in [5.74, 6) is -0.0370. The first kappa shape index (κ1) is 39.8. The average Bonchev–Trinajstić information content (AvgIpc) is 2.99. The van der Waals surface area contributed by atoms with Gasteiger partial charge in [0.25, 0.3) is 0 Å². The van der Waals surface area contributed by atoms with Gasteiger partial charge >= 0.3 is 19.8 Å². The average molecular weight is 688 g/mol. The van der Waals surface area contributed by atoms with Crippen molar-refractivity contribution in [3.8, 4) is 0 Å². The Morgan fingerprint density at radius 2 is 1.53 bits per heavy atom. The first-order valence-electron chi connectivity index (χ1n) is 15.7.